The maximum Gasteiger partial charge on any atom is 0.0687 e. The zero-order chi connectivity index (χ0) is 22.2. The van der Waals surface area contributed by atoms with E-state index in [1.54, 1.807) is 0 Å². The molecule has 3 aliphatic carbocycles. The largest absolute Gasteiger partial charge is 0.0954 e. The van der Waals surface area contributed by atoms with Gasteiger partial charge in [-0.1, -0.05) is 122 Å². The fourth-order valence-corrected chi connectivity index (χ4v) is 10.5. The zero-order valence-electron chi connectivity index (χ0n) is 18.7. The fraction of sp³-hybridized carbons (Fsp3) is 0.0938. The Morgan fingerprint density at radius 2 is 1.12 bits per heavy atom. The SMILES string of the molecule is C=P1(C)C(c2ccccc2)=CC2=C(c3ccccc3)C3c4ccccc4C21c1ccccc13. The molecular weight excluding hydrogens is 415 g/mol. The van der Waals surface area contributed by atoms with Crippen molar-refractivity contribution in [3.63, 3.8) is 0 Å². The van der Waals surface area contributed by atoms with Crippen LogP contribution in [0.1, 0.15) is 39.3 Å². The molecule has 0 fully saturated rings. The van der Waals surface area contributed by atoms with Crippen molar-refractivity contribution >= 4 is 24.1 Å². The van der Waals surface area contributed by atoms with Gasteiger partial charge in [0.25, 0.3) is 0 Å². The van der Waals surface area contributed by atoms with Crippen LogP contribution in [0.3, 0.4) is 0 Å². The molecule has 1 heteroatoms. The molecule has 4 aromatic rings. The summed E-state index contributed by atoms with van der Waals surface area (Å²) < 4.78 is 0. The van der Waals surface area contributed by atoms with E-state index in [1.807, 2.05) is 0 Å². The van der Waals surface area contributed by atoms with E-state index in [0.29, 0.717) is 0 Å². The first-order valence-electron chi connectivity index (χ1n) is 11.6. The number of hydrogen-bond donors (Lipinski definition) is 0. The van der Waals surface area contributed by atoms with Crippen molar-refractivity contribution in [1.82, 2.24) is 0 Å². The summed E-state index contributed by atoms with van der Waals surface area (Å²) in [6.45, 7) is 0.540. The molecular formula is C32H25P. The van der Waals surface area contributed by atoms with E-state index in [1.165, 1.54) is 49.8 Å². The summed E-state index contributed by atoms with van der Waals surface area (Å²) in [6.07, 6.45) is 7.64. The van der Waals surface area contributed by atoms with Crippen LogP contribution in [0.5, 0.6) is 0 Å². The van der Waals surface area contributed by atoms with Crippen LogP contribution in [-0.2, 0) is 5.16 Å². The highest BCUT2D eigenvalue weighted by Gasteiger charge is 2.60. The van der Waals surface area contributed by atoms with Crippen LogP contribution in [0, 0.1) is 0 Å². The van der Waals surface area contributed by atoms with Gasteiger partial charge in [-0.05, 0) is 62.6 Å². The van der Waals surface area contributed by atoms with Gasteiger partial charge in [0.1, 0.15) is 0 Å². The quantitative estimate of drug-likeness (QED) is 0.277. The summed E-state index contributed by atoms with van der Waals surface area (Å²) >= 11 is 0. The summed E-state index contributed by atoms with van der Waals surface area (Å²) in [7, 11) is 0. The van der Waals surface area contributed by atoms with E-state index in [2.05, 4.69) is 122 Å². The lowest BCUT2D eigenvalue weighted by Gasteiger charge is -2.53. The van der Waals surface area contributed by atoms with Crippen LogP contribution in [0.25, 0.3) is 10.9 Å². The molecule has 1 unspecified atom stereocenters. The first kappa shape index (κ1) is 19.2. The van der Waals surface area contributed by atoms with Crippen LogP contribution >= 0.6 is 6.89 Å². The Morgan fingerprint density at radius 1 is 0.636 bits per heavy atom. The van der Waals surface area contributed by atoms with Crippen molar-refractivity contribution in [3.8, 4) is 0 Å². The third kappa shape index (κ3) is 2.23. The Morgan fingerprint density at radius 3 is 1.70 bits per heavy atom. The minimum absolute atomic E-state index is 0.203. The lowest BCUT2D eigenvalue weighted by atomic mass is 9.59. The third-order valence-corrected chi connectivity index (χ3v) is 11.7. The van der Waals surface area contributed by atoms with Gasteiger partial charge in [-0.2, -0.15) is 0 Å². The molecule has 158 valence electrons. The second-order valence-electron chi connectivity index (χ2n) is 9.60. The van der Waals surface area contributed by atoms with E-state index >= 15 is 0 Å². The van der Waals surface area contributed by atoms with Crippen molar-refractivity contribution in [2.45, 2.75) is 11.1 Å². The van der Waals surface area contributed by atoms with E-state index in [4.69, 9.17) is 6.30 Å². The van der Waals surface area contributed by atoms with Crippen LogP contribution in [0.4, 0.5) is 0 Å². The van der Waals surface area contributed by atoms with Crippen molar-refractivity contribution in [2.75, 3.05) is 6.66 Å². The van der Waals surface area contributed by atoms with E-state index < -0.39 is 6.89 Å². The lowest BCUT2D eigenvalue weighted by Crippen LogP contribution is -2.39. The molecule has 33 heavy (non-hydrogen) atoms. The second-order valence-corrected chi connectivity index (χ2v) is 13.1. The standard InChI is InChI=1S/C32H25P/c1-33(2)29(22-13-5-3-6-14-22)21-28-30(23-15-7-4-8-16-23)31-24-17-9-11-19-26(24)32(28,33)27-20-12-10-18-25(27)31/h3-21,31H,1H2,2H3. The summed E-state index contributed by atoms with van der Waals surface area (Å²) in [6, 6.07) is 40.3. The molecule has 8 rings (SSSR count). The van der Waals surface area contributed by atoms with Gasteiger partial charge in [-0.15, -0.1) is 0 Å². The maximum atomic E-state index is 5.11. The Labute approximate surface area is 195 Å². The van der Waals surface area contributed by atoms with Crippen molar-refractivity contribution in [1.29, 1.82) is 0 Å². The highest BCUT2D eigenvalue weighted by molar-refractivity contribution is 7.84. The number of benzene rings is 4. The minimum atomic E-state index is -1.92. The molecule has 0 aromatic heterocycles. The van der Waals surface area contributed by atoms with Gasteiger partial charge in [0, 0.05) is 5.92 Å². The molecule has 1 atom stereocenters. The monoisotopic (exact) mass is 440 g/mol. The molecule has 0 radical (unpaired) electrons. The van der Waals surface area contributed by atoms with Gasteiger partial charge in [-0.25, -0.2) is 0 Å². The molecule has 1 aliphatic heterocycles. The highest BCUT2D eigenvalue weighted by Crippen LogP contribution is 2.83. The van der Waals surface area contributed by atoms with Crippen molar-refractivity contribution < 1.29 is 0 Å². The second kappa shape index (κ2) is 6.60. The first-order valence-corrected chi connectivity index (χ1v) is 14.1. The maximum absolute atomic E-state index is 5.11. The molecule has 0 saturated carbocycles. The average molecular weight is 441 g/mol. The Hall–Kier alpha value is -3.34. The number of rotatable bonds is 2. The first-order chi connectivity index (χ1) is 16.2. The lowest BCUT2D eigenvalue weighted by molar-refractivity contribution is 0.751. The van der Waals surface area contributed by atoms with Gasteiger partial charge in [0.05, 0.1) is 5.16 Å². The Kier molecular flexibility index (Phi) is 3.83. The molecule has 0 saturated heterocycles. The molecule has 1 heterocycles. The fourth-order valence-electron chi connectivity index (χ4n) is 6.78. The van der Waals surface area contributed by atoms with Crippen molar-refractivity contribution in [2.24, 2.45) is 0 Å². The molecule has 2 bridgehead atoms. The third-order valence-electron chi connectivity index (χ3n) is 8.00. The van der Waals surface area contributed by atoms with Gasteiger partial charge >= 0.3 is 0 Å². The number of allylic oxidation sites excluding steroid dienone is 3. The smallest absolute Gasteiger partial charge is 0.0687 e. The van der Waals surface area contributed by atoms with Gasteiger partial charge < -0.3 is 0 Å². The van der Waals surface area contributed by atoms with Gasteiger partial charge in [0.2, 0.25) is 0 Å². The summed E-state index contributed by atoms with van der Waals surface area (Å²) in [5, 5.41) is 1.23. The average Bonchev–Trinajstić information content (AvgIpc) is 3.13. The predicted molar refractivity (Wildman–Crippen MR) is 143 cm³/mol. The van der Waals surface area contributed by atoms with Gasteiger partial charge in [-0.3, -0.25) is 0 Å². The van der Waals surface area contributed by atoms with E-state index in [9.17, 15) is 0 Å². The molecule has 0 N–H and O–H groups in total. The highest BCUT2D eigenvalue weighted by atomic mass is 31.2. The van der Waals surface area contributed by atoms with E-state index in [-0.39, 0.29) is 11.1 Å². The Balaban J connectivity index is 1.68. The molecule has 1 spiro atoms. The van der Waals surface area contributed by atoms with Crippen LogP contribution in [0.15, 0.2) is 121 Å². The van der Waals surface area contributed by atoms with Gasteiger partial charge in [0.15, 0.2) is 0 Å². The minimum Gasteiger partial charge on any atom is -0.0954 e. The predicted octanol–water partition coefficient (Wildman–Crippen LogP) is 7.98. The summed E-state index contributed by atoms with van der Waals surface area (Å²) in [5.74, 6) is 0.253. The van der Waals surface area contributed by atoms with Crippen LogP contribution in [0.2, 0.25) is 0 Å². The summed E-state index contributed by atoms with van der Waals surface area (Å²) in [4.78, 5) is 0. The van der Waals surface area contributed by atoms with Crippen LogP contribution < -0.4 is 0 Å². The van der Waals surface area contributed by atoms with E-state index in [0.717, 1.165) is 0 Å². The topological polar surface area (TPSA) is 0 Å². The van der Waals surface area contributed by atoms with Crippen molar-refractivity contribution in [3.05, 3.63) is 154 Å². The molecule has 4 aromatic carbocycles. The summed E-state index contributed by atoms with van der Waals surface area (Å²) in [5.41, 5.74) is 11.4. The van der Waals surface area contributed by atoms with Crippen LogP contribution in [-0.4, -0.2) is 13.0 Å². The Bertz CT molecular complexity index is 1490. The zero-order valence-corrected chi connectivity index (χ0v) is 19.6. The normalized spacial score (nSPS) is 26.5. The number of hydrogen-bond acceptors (Lipinski definition) is 0. The molecule has 0 nitrogen and oxygen atoms in total. The molecule has 0 amide bonds. The molecule has 4 aliphatic rings.